The van der Waals surface area contributed by atoms with E-state index in [2.05, 4.69) is 10.5 Å². The van der Waals surface area contributed by atoms with E-state index in [1.165, 1.54) is 24.3 Å². The lowest BCUT2D eigenvalue weighted by molar-refractivity contribution is 0.0697. The van der Waals surface area contributed by atoms with E-state index in [-0.39, 0.29) is 17.0 Å². The van der Waals surface area contributed by atoms with E-state index in [0.717, 1.165) is 22.2 Å². The van der Waals surface area contributed by atoms with Crippen LogP contribution in [0.2, 0.25) is 0 Å². The zero-order valence-electron chi connectivity index (χ0n) is 17.5. The maximum Gasteiger partial charge on any atom is 0.335 e. The highest BCUT2D eigenvalue weighted by Gasteiger charge is 2.20. The van der Waals surface area contributed by atoms with Crippen LogP contribution in [0.25, 0.3) is 16.6 Å². The number of benzene rings is 3. The van der Waals surface area contributed by atoms with Gasteiger partial charge < -0.3 is 10.2 Å². The number of nitrogens with zero attached hydrogens (tertiary/aromatic N) is 2. The van der Waals surface area contributed by atoms with Gasteiger partial charge >= 0.3 is 5.97 Å². The van der Waals surface area contributed by atoms with Crippen LogP contribution >= 0.6 is 0 Å². The van der Waals surface area contributed by atoms with Crippen molar-refractivity contribution in [2.24, 2.45) is 5.10 Å². The van der Waals surface area contributed by atoms with Crippen LogP contribution < -0.4 is 5.43 Å². The summed E-state index contributed by atoms with van der Waals surface area (Å²) >= 11 is 0. The number of rotatable bonds is 5. The van der Waals surface area contributed by atoms with E-state index in [9.17, 15) is 14.7 Å². The molecule has 7 heteroatoms. The lowest BCUT2D eigenvalue weighted by Gasteiger charge is -2.08. The molecule has 0 atom stereocenters. The Labute approximate surface area is 184 Å². The molecular weight excluding hydrogens is 406 g/mol. The second kappa shape index (κ2) is 8.39. The molecule has 0 spiro atoms. The summed E-state index contributed by atoms with van der Waals surface area (Å²) in [6.07, 6.45) is 0. The lowest BCUT2D eigenvalue weighted by atomic mass is 10.1. The van der Waals surface area contributed by atoms with Gasteiger partial charge in [0, 0.05) is 16.6 Å². The van der Waals surface area contributed by atoms with Gasteiger partial charge in [0.05, 0.1) is 22.4 Å². The van der Waals surface area contributed by atoms with Crippen LogP contribution in [-0.2, 0) is 0 Å². The number of hydrogen-bond acceptors (Lipinski definition) is 4. The highest BCUT2D eigenvalue weighted by Crippen LogP contribution is 2.34. The molecule has 0 saturated carbocycles. The molecule has 0 bridgehead atoms. The molecule has 0 unspecified atom stereocenters. The summed E-state index contributed by atoms with van der Waals surface area (Å²) in [5, 5.41) is 25.2. The van der Waals surface area contributed by atoms with Crippen molar-refractivity contribution in [1.29, 1.82) is 0 Å². The van der Waals surface area contributed by atoms with Gasteiger partial charge in [-0.25, -0.2) is 10.2 Å². The number of carboxylic acid groups (broad SMARTS) is 1. The van der Waals surface area contributed by atoms with Crippen LogP contribution in [0, 0.1) is 6.92 Å². The molecule has 0 saturated heterocycles. The van der Waals surface area contributed by atoms with Gasteiger partial charge in [0.25, 0.3) is 5.91 Å². The largest absolute Gasteiger partial charge is 0.494 e. The van der Waals surface area contributed by atoms with Crippen molar-refractivity contribution >= 4 is 28.5 Å². The fourth-order valence-electron chi connectivity index (χ4n) is 3.66. The monoisotopic (exact) mass is 427 g/mol. The zero-order valence-corrected chi connectivity index (χ0v) is 17.5. The molecule has 32 heavy (non-hydrogen) atoms. The van der Waals surface area contributed by atoms with Crippen LogP contribution in [0.4, 0.5) is 0 Å². The number of aromatic nitrogens is 1. The van der Waals surface area contributed by atoms with Crippen molar-refractivity contribution in [2.45, 2.75) is 13.8 Å². The van der Waals surface area contributed by atoms with Crippen molar-refractivity contribution in [2.75, 3.05) is 0 Å². The third-order valence-corrected chi connectivity index (χ3v) is 5.17. The molecule has 3 aromatic carbocycles. The normalized spacial score (nSPS) is 11.5. The smallest absolute Gasteiger partial charge is 0.335 e. The molecule has 4 aromatic rings. The number of para-hydroxylation sites is 1. The SMILES string of the molecule is C/C(=N\NC(=O)c1cccc(C(=O)O)c1)c1c(O)n(-c2cccc(C)c2)c2ccccc12. The van der Waals surface area contributed by atoms with Crippen molar-refractivity contribution in [3.8, 4) is 11.6 Å². The molecular formula is C25H21N3O4. The Morgan fingerprint density at radius 2 is 1.66 bits per heavy atom. The molecule has 4 rings (SSSR count). The second-order valence-corrected chi connectivity index (χ2v) is 7.41. The van der Waals surface area contributed by atoms with Crippen LogP contribution in [0.5, 0.6) is 5.88 Å². The first-order valence-corrected chi connectivity index (χ1v) is 9.94. The Balaban J connectivity index is 1.73. The Morgan fingerprint density at radius 1 is 0.938 bits per heavy atom. The average Bonchev–Trinajstić information content (AvgIpc) is 3.09. The number of aryl methyl sites for hydroxylation is 1. The minimum Gasteiger partial charge on any atom is -0.494 e. The summed E-state index contributed by atoms with van der Waals surface area (Å²) in [5.74, 6) is -1.65. The van der Waals surface area contributed by atoms with Gasteiger partial charge in [-0.3, -0.25) is 9.36 Å². The topological polar surface area (TPSA) is 104 Å². The first-order chi connectivity index (χ1) is 15.4. The molecule has 1 aromatic heterocycles. The van der Waals surface area contributed by atoms with E-state index >= 15 is 0 Å². The zero-order chi connectivity index (χ0) is 22.8. The van der Waals surface area contributed by atoms with Crippen LogP contribution in [0.3, 0.4) is 0 Å². The first kappa shape index (κ1) is 20.9. The number of carbonyl (C=O) groups excluding carboxylic acids is 1. The van der Waals surface area contributed by atoms with E-state index in [1.807, 2.05) is 55.5 Å². The van der Waals surface area contributed by atoms with Crippen molar-refractivity contribution < 1.29 is 19.8 Å². The summed E-state index contributed by atoms with van der Waals surface area (Å²) in [5.41, 5.74) is 6.22. The standard InChI is InChI=1S/C25H21N3O4/c1-15-7-5-10-19(13-15)28-21-12-4-3-11-20(21)22(24(28)30)16(2)26-27-23(29)17-8-6-9-18(14-17)25(31)32/h3-14,30H,1-2H3,(H,27,29)(H,31,32)/b26-16+. The summed E-state index contributed by atoms with van der Waals surface area (Å²) in [6, 6.07) is 21.0. The highest BCUT2D eigenvalue weighted by atomic mass is 16.4. The van der Waals surface area contributed by atoms with Gasteiger partial charge in [0.2, 0.25) is 5.88 Å². The average molecular weight is 427 g/mol. The summed E-state index contributed by atoms with van der Waals surface area (Å²) < 4.78 is 1.74. The third kappa shape index (κ3) is 3.83. The molecule has 3 N–H and O–H groups in total. The van der Waals surface area contributed by atoms with Crippen molar-refractivity contribution in [1.82, 2.24) is 9.99 Å². The molecule has 1 heterocycles. The minimum atomic E-state index is -1.12. The van der Waals surface area contributed by atoms with Gasteiger partial charge in [-0.15, -0.1) is 0 Å². The Hall–Kier alpha value is -4.39. The van der Waals surface area contributed by atoms with Crippen LogP contribution in [0.1, 0.15) is 38.8 Å². The number of aromatic hydroxyl groups is 1. The van der Waals surface area contributed by atoms with Crippen LogP contribution in [0.15, 0.2) is 77.9 Å². The number of fused-ring (bicyclic) bond motifs is 1. The van der Waals surface area contributed by atoms with Gasteiger partial charge in [0.1, 0.15) is 0 Å². The maximum atomic E-state index is 12.5. The molecule has 7 nitrogen and oxygen atoms in total. The number of nitrogens with one attached hydrogen (secondary N) is 1. The highest BCUT2D eigenvalue weighted by molar-refractivity contribution is 6.13. The fraction of sp³-hybridized carbons (Fsp3) is 0.0800. The summed E-state index contributed by atoms with van der Waals surface area (Å²) in [7, 11) is 0. The Kier molecular flexibility index (Phi) is 5.47. The molecule has 0 aliphatic rings. The quantitative estimate of drug-likeness (QED) is 0.322. The van der Waals surface area contributed by atoms with E-state index in [4.69, 9.17) is 5.11 Å². The van der Waals surface area contributed by atoms with Gasteiger partial charge in [-0.1, -0.05) is 36.4 Å². The van der Waals surface area contributed by atoms with E-state index in [0.29, 0.717) is 11.3 Å². The molecule has 1 amide bonds. The van der Waals surface area contributed by atoms with Crippen LogP contribution in [-0.4, -0.2) is 32.4 Å². The van der Waals surface area contributed by atoms with Gasteiger partial charge in [-0.2, -0.15) is 5.10 Å². The first-order valence-electron chi connectivity index (χ1n) is 9.94. The predicted octanol–water partition coefficient (Wildman–Crippen LogP) is 4.50. The molecule has 160 valence electrons. The Bertz CT molecular complexity index is 1390. The third-order valence-electron chi connectivity index (χ3n) is 5.17. The number of aromatic carboxylic acids is 1. The fourth-order valence-corrected chi connectivity index (χ4v) is 3.66. The Morgan fingerprint density at radius 3 is 2.41 bits per heavy atom. The number of amides is 1. The van der Waals surface area contributed by atoms with Gasteiger partial charge in [-0.05, 0) is 55.8 Å². The predicted molar refractivity (Wildman–Crippen MR) is 123 cm³/mol. The molecule has 0 fully saturated rings. The summed E-state index contributed by atoms with van der Waals surface area (Å²) in [6.45, 7) is 3.67. The molecule has 0 radical (unpaired) electrons. The number of hydrazone groups is 1. The maximum absolute atomic E-state index is 12.5. The van der Waals surface area contributed by atoms with Crippen molar-refractivity contribution in [3.63, 3.8) is 0 Å². The van der Waals surface area contributed by atoms with Crippen molar-refractivity contribution in [3.05, 3.63) is 95.1 Å². The number of carbonyl (C=O) groups is 2. The molecule has 0 aliphatic heterocycles. The van der Waals surface area contributed by atoms with E-state index in [1.54, 1.807) is 11.5 Å². The second-order valence-electron chi connectivity index (χ2n) is 7.41. The van der Waals surface area contributed by atoms with E-state index < -0.39 is 11.9 Å². The van der Waals surface area contributed by atoms with Gasteiger partial charge in [0.15, 0.2) is 0 Å². The number of carboxylic acids is 1. The molecule has 0 aliphatic carbocycles. The lowest BCUT2D eigenvalue weighted by Crippen LogP contribution is -2.19. The minimum absolute atomic E-state index is 0.0113. The summed E-state index contributed by atoms with van der Waals surface area (Å²) in [4.78, 5) is 23.6. The number of hydrogen-bond donors (Lipinski definition) is 3.